The van der Waals surface area contributed by atoms with Crippen molar-refractivity contribution in [3.63, 3.8) is 0 Å². The van der Waals surface area contributed by atoms with E-state index in [2.05, 4.69) is 15.9 Å². The molecule has 3 rings (SSSR count). The van der Waals surface area contributed by atoms with Gasteiger partial charge in [0.25, 0.3) is 0 Å². The van der Waals surface area contributed by atoms with E-state index in [1.807, 2.05) is 0 Å². The molecule has 2 aliphatic carbocycles. The Bertz CT molecular complexity index is 277. The number of hydrogen-bond acceptors (Lipinski definition) is 2. The van der Waals surface area contributed by atoms with Gasteiger partial charge in [-0.2, -0.15) is 0 Å². The molecule has 0 aromatic carbocycles. The van der Waals surface area contributed by atoms with Crippen LogP contribution in [-0.2, 0) is 9.31 Å². The molecule has 0 radical (unpaired) electrons. The van der Waals surface area contributed by atoms with Crippen LogP contribution >= 0.6 is 15.9 Å². The smallest absolute Gasteiger partial charge is 0.405 e. The first-order valence-corrected chi connectivity index (χ1v) is 10.4. The molecule has 0 bridgehead atoms. The van der Waals surface area contributed by atoms with E-state index >= 15 is 0 Å². The van der Waals surface area contributed by atoms with Crippen LogP contribution < -0.4 is 0 Å². The van der Waals surface area contributed by atoms with E-state index in [1.165, 1.54) is 64.2 Å². The predicted octanol–water partition coefficient (Wildman–Crippen LogP) is 5.20. The van der Waals surface area contributed by atoms with Crippen LogP contribution in [-0.4, -0.2) is 24.7 Å². The highest BCUT2D eigenvalue weighted by Gasteiger charge is 2.46. The van der Waals surface area contributed by atoms with Gasteiger partial charge in [0.1, 0.15) is 0 Å². The molecule has 1 heterocycles. The fraction of sp³-hybridized carbons (Fsp3) is 1.00. The number of alkyl halides is 1. The molecule has 1 saturated heterocycles. The zero-order valence-electron chi connectivity index (χ0n) is 13.3. The molecule has 3 aliphatic rings. The summed E-state index contributed by atoms with van der Waals surface area (Å²) in [6.45, 7) is 0. The lowest BCUT2D eigenvalue weighted by atomic mass is 9.77. The molecule has 0 amide bonds. The number of hydrogen-bond donors (Lipinski definition) is 0. The molecule has 0 aromatic heterocycles. The molecule has 0 spiro atoms. The predicted molar refractivity (Wildman–Crippen MR) is 91.9 cm³/mol. The highest BCUT2D eigenvalue weighted by Crippen LogP contribution is 2.40. The van der Waals surface area contributed by atoms with Crippen molar-refractivity contribution in [3.05, 3.63) is 0 Å². The largest absolute Gasteiger partial charge is 0.457 e. The van der Waals surface area contributed by atoms with Gasteiger partial charge in [0, 0.05) is 5.33 Å². The van der Waals surface area contributed by atoms with Crippen molar-refractivity contribution in [2.75, 3.05) is 5.33 Å². The molecule has 4 heteroatoms. The van der Waals surface area contributed by atoms with Crippen molar-refractivity contribution in [1.82, 2.24) is 0 Å². The topological polar surface area (TPSA) is 18.5 Å². The zero-order valence-corrected chi connectivity index (χ0v) is 14.9. The van der Waals surface area contributed by atoms with E-state index in [-0.39, 0.29) is 7.12 Å². The van der Waals surface area contributed by atoms with Gasteiger partial charge >= 0.3 is 7.12 Å². The van der Waals surface area contributed by atoms with Gasteiger partial charge in [-0.25, -0.2) is 0 Å². The maximum absolute atomic E-state index is 6.43. The first-order chi connectivity index (χ1) is 10.4. The maximum Gasteiger partial charge on any atom is 0.457 e. The van der Waals surface area contributed by atoms with Gasteiger partial charge in [-0.05, 0) is 50.3 Å². The van der Waals surface area contributed by atoms with Crippen LogP contribution in [0.2, 0.25) is 6.32 Å². The highest BCUT2D eigenvalue weighted by molar-refractivity contribution is 9.09. The van der Waals surface area contributed by atoms with E-state index in [4.69, 9.17) is 9.31 Å². The van der Waals surface area contributed by atoms with E-state index in [0.717, 1.165) is 29.9 Å². The third kappa shape index (κ3) is 4.26. The Balaban J connectivity index is 1.63. The SMILES string of the molecule is BrCCCB1O[C@H](C2CCCCC2)[C@@H](C2CCCCC2)O1. The summed E-state index contributed by atoms with van der Waals surface area (Å²) in [6, 6.07) is 0. The van der Waals surface area contributed by atoms with Crippen molar-refractivity contribution in [2.24, 2.45) is 11.8 Å². The molecule has 2 nitrogen and oxygen atoms in total. The normalized spacial score (nSPS) is 32.7. The minimum atomic E-state index is 0.0707. The van der Waals surface area contributed by atoms with Crippen molar-refractivity contribution in [3.8, 4) is 0 Å². The Hall–Kier alpha value is 0.465. The second-order valence-electron chi connectivity index (χ2n) is 7.26. The molecule has 0 aromatic rings. The first-order valence-electron chi connectivity index (χ1n) is 9.25. The fourth-order valence-corrected chi connectivity index (χ4v) is 4.93. The molecule has 120 valence electrons. The molecule has 2 atom stereocenters. The van der Waals surface area contributed by atoms with Crippen molar-refractivity contribution < 1.29 is 9.31 Å². The minimum Gasteiger partial charge on any atom is -0.405 e. The lowest BCUT2D eigenvalue weighted by Gasteiger charge is -2.35. The minimum absolute atomic E-state index is 0.0707. The molecule has 2 saturated carbocycles. The van der Waals surface area contributed by atoms with Crippen molar-refractivity contribution >= 4 is 23.0 Å². The third-order valence-corrected chi connectivity index (χ3v) is 6.30. The third-order valence-electron chi connectivity index (χ3n) is 5.74. The molecular weight excluding hydrogens is 327 g/mol. The average Bonchev–Trinajstić information content (AvgIpc) is 2.99. The van der Waals surface area contributed by atoms with Crippen molar-refractivity contribution in [2.45, 2.75) is 89.2 Å². The molecule has 1 aliphatic heterocycles. The monoisotopic (exact) mass is 356 g/mol. The summed E-state index contributed by atoms with van der Waals surface area (Å²) >= 11 is 3.53. The van der Waals surface area contributed by atoms with Crippen LogP contribution in [0, 0.1) is 11.8 Å². The summed E-state index contributed by atoms with van der Waals surface area (Å²) in [5, 5.41) is 1.05. The lowest BCUT2D eigenvalue weighted by Crippen LogP contribution is -2.38. The summed E-state index contributed by atoms with van der Waals surface area (Å²) in [5.74, 6) is 1.53. The summed E-state index contributed by atoms with van der Waals surface area (Å²) in [7, 11) is 0.0707. The van der Waals surface area contributed by atoms with Crippen LogP contribution in [0.25, 0.3) is 0 Å². The van der Waals surface area contributed by atoms with E-state index < -0.39 is 0 Å². The second kappa shape index (κ2) is 8.35. The Morgan fingerprint density at radius 1 is 0.762 bits per heavy atom. The zero-order chi connectivity index (χ0) is 14.5. The standard InChI is InChI=1S/C17H30BBrO2/c19-13-7-12-18-20-16(14-8-3-1-4-9-14)17(21-18)15-10-5-2-6-11-15/h14-17H,1-13H2/t16-,17-/m1/s1. The summed E-state index contributed by atoms with van der Waals surface area (Å²) < 4.78 is 12.9. The van der Waals surface area contributed by atoms with Crippen molar-refractivity contribution in [1.29, 1.82) is 0 Å². The molecule has 21 heavy (non-hydrogen) atoms. The Morgan fingerprint density at radius 2 is 1.24 bits per heavy atom. The second-order valence-corrected chi connectivity index (χ2v) is 8.05. The maximum atomic E-state index is 6.43. The van der Waals surface area contributed by atoms with Gasteiger partial charge in [-0.3, -0.25) is 0 Å². The summed E-state index contributed by atoms with van der Waals surface area (Å²) in [4.78, 5) is 0. The van der Waals surface area contributed by atoms with Gasteiger partial charge in [0.05, 0.1) is 12.2 Å². The quantitative estimate of drug-likeness (QED) is 0.497. The Labute approximate surface area is 139 Å². The van der Waals surface area contributed by atoms with Crippen LogP contribution in [0.1, 0.15) is 70.6 Å². The van der Waals surface area contributed by atoms with E-state index in [9.17, 15) is 0 Å². The number of rotatable bonds is 5. The van der Waals surface area contributed by atoms with Gasteiger partial charge in [-0.1, -0.05) is 54.5 Å². The molecule has 0 N–H and O–H groups in total. The van der Waals surface area contributed by atoms with Gasteiger partial charge in [0.15, 0.2) is 0 Å². The highest BCUT2D eigenvalue weighted by atomic mass is 79.9. The summed E-state index contributed by atoms with van der Waals surface area (Å²) in [5.41, 5.74) is 0. The van der Waals surface area contributed by atoms with Crippen LogP contribution in [0.5, 0.6) is 0 Å². The fourth-order valence-electron chi connectivity index (χ4n) is 4.60. The lowest BCUT2D eigenvalue weighted by molar-refractivity contribution is 0.0324. The van der Waals surface area contributed by atoms with Crippen LogP contribution in [0.15, 0.2) is 0 Å². The van der Waals surface area contributed by atoms with Gasteiger partial charge < -0.3 is 9.31 Å². The van der Waals surface area contributed by atoms with Crippen LogP contribution in [0.3, 0.4) is 0 Å². The molecule has 0 unspecified atom stereocenters. The Kier molecular flexibility index (Phi) is 6.50. The van der Waals surface area contributed by atoms with Gasteiger partial charge in [0.2, 0.25) is 0 Å². The number of halogens is 1. The average molecular weight is 357 g/mol. The van der Waals surface area contributed by atoms with Gasteiger partial charge in [-0.15, -0.1) is 0 Å². The first kappa shape index (κ1) is 16.3. The van der Waals surface area contributed by atoms with E-state index in [1.54, 1.807) is 0 Å². The Morgan fingerprint density at radius 3 is 1.67 bits per heavy atom. The molecule has 3 fully saturated rings. The summed E-state index contributed by atoms with van der Waals surface area (Å²) in [6.07, 6.45) is 16.9. The van der Waals surface area contributed by atoms with Crippen LogP contribution in [0.4, 0.5) is 0 Å². The molecular formula is C17H30BBrO2. The van der Waals surface area contributed by atoms with E-state index in [0.29, 0.717) is 12.2 Å².